The predicted octanol–water partition coefficient (Wildman–Crippen LogP) is 5.23. The summed E-state index contributed by atoms with van der Waals surface area (Å²) in [6.07, 6.45) is 6.29. The van der Waals surface area contributed by atoms with E-state index in [0.29, 0.717) is 5.41 Å². The number of rotatable bonds is 6. The Labute approximate surface area is 102 Å². The Kier molecular flexibility index (Phi) is 6.99. The van der Waals surface area contributed by atoms with Gasteiger partial charge in [-0.3, -0.25) is 0 Å². The van der Waals surface area contributed by atoms with Crippen LogP contribution in [0, 0.1) is 17.3 Å². The molecule has 0 aliphatic carbocycles. The first-order valence-corrected chi connectivity index (χ1v) is 7.63. The molecule has 3 unspecified atom stereocenters. The Hall–Kier alpha value is 0.350. The summed E-state index contributed by atoms with van der Waals surface area (Å²) >= 11 is 2.04. The minimum absolute atomic E-state index is 0.495. The van der Waals surface area contributed by atoms with Crippen LogP contribution in [0.2, 0.25) is 0 Å². The standard InChI is InChI=1S/C14H30S/c1-8-13(15-7)12(3)11(2)9-10-14(4,5)6/h11-13H,8-10H2,1-7H3. The summed E-state index contributed by atoms with van der Waals surface area (Å²) < 4.78 is 0. The highest BCUT2D eigenvalue weighted by Crippen LogP contribution is 2.32. The minimum atomic E-state index is 0.495. The number of hydrogen-bond donors (Lipinski definition) is 0. The van der Waals surface area contributed by atoms with E-state index < -0.39 is 0 Å². The van der Waals surface area contributed by atoms with E-state index in [0.717, 1.165) is 17.1 Å². The molecule has 0 nitrogen and oxygen atoms in total. The lowest BCUT2D eigenvalue weighted by molar-refractivity contribution is 0.279. The quantitative estimate of drug-likeness (QED) is 0.602. The Morgan fingerprint density at radius 1 is 1.13 bits per heavy atom. The Morgan fingerprint density at radius 3 is 2.00 bits per heavy atom. The summed E-state index contributed by atoms with van der Waals surface area (Å²) in [6.45, 7) is 14.2. The van der Waals surface area contributed by atoms with Crippen LogP contribution < -0.4 is 0 Å². The molecule has 92 valence electrons. The molecule has 3 atom stereocenters. The van der Waals surface area contributed by atoms with Gasteiger partial charge in [-0.05, 0) is 42.8 Å². The lowest BCUT2D eigenvalue weighted by Gasteiger charge is -2.29. The van der Waals surface area contributed by atoms with Gasteiger partial charge >= 0.3 is 0 Å². The molecule has 0 rings (SSSR count). The molecule has 1 heteroatoms. The van der Waals surface area contributed by atoms with Crippen molar-refractivity contribution in [2.75, 3.05) is 6.26 Å². The van der Waals surface area contributed by atoms with E-state index in [4.69, 9.17) is 0 Å². The predicted molar refractivity (Wildman–Crippen MR) is 74.6 cm³/mol. The number of thioether (sulfide) groups is 1. The monoisotopic (exact) mass is 230 g/mol. The van der Waals surface area contributed by atoms with Gasteiger partial charge in [-0.1, -0.05) is 41.5 Å². The molecule has 0 saturated carbocycles. The third-order valence-corrected chi connectivity index (χ3v) is 4.91. The van der Waals surface area contributed by atoms with Crippen LogP contribution in [0.5, 0.6) is 0 Å². The second kappa shape index (κ2) is 6.83. The molecular formula is C14H30S. The van der Waals surface area contributed by atoms with E-state index in [-0.39, 0.29) is 0 Å². The maximum atomic E-state index is 2.43. The average molecular weight is 230 g/mol. The van der Waals surface area contributed by atoms with Crippen molar-refractivity contribution in [2.24, 2.45) is 17.3 Å². The van der Waals surface area contributed by atoms with Gasteiger partial charge in [0.25, 0.3) is 0 Å². The van der Waals surface area contributed by atoms with Gasteiger partial charge in [0, 0.05) is 5.25 Å². The summed E-state index contributed by atoms with van der Waals surface area (Å²) in [4.78, 5) is 0. The Morgan fingerprint density at radius 2 is 1.67 bits per heavy atom. The largest absolute Gasteiger partial charge is 0.162 e. The van der Waals surface area contributed by atoms with Gasteiger partial charge in [0.05, 0.1) is 0 Å². The van der Waals surface area contributed by atoms with Crippen LogP contribution in [0.25, 0.3) is 0 Å². The van der Waals surface area contributed by atoms with E-state index in [2.05, 4.69) is 47.8 Å². The van der Waals surface area contributed by atoms with Gasteiger partial charge in [-0.15, -0.1) is 0 Å². The summed E-state index contributed by atoms with van der Waals surface area (Å²) in [5.74, 6) is 1.72. The molecular weight excluding hydrogens is 200 g/mol. The van der Waals surface area contributed by atoms with Crippen molar-refractivity contribution in [3.63, 3.8) is 0 Å². The minimum Gasteiger partial charge on any atom is -0.162 e. The highest BCUT2D eigenvalue weighted by molar-refractivity contribution is 7.99. The zero-order valence-electron chi connectivity index (χ0n) is 11.8. The molecule has 0 bridgehead atoms. The van der Waals surface area contributed by atoms with Crippen LogP contribution in [0.15, 0.2) is 0 Å². The first-order valence-electron chi connectivity index (χ1n) is 6.34. The summed E-state index contributed by atoms with van der Waals surface area (Å²) in [5.41, 5.74) is 0.495. The molecule has 0 N–H and O–H groups in total. The van der Waals surface area contributed by atoms with Gasteiger partial charge in [-0.2, -0.15) is 11.8 Å². The van der Waals surface area contributed by atoms with Crippen LogP contribution in [-0.2, 0) is 0 Å². The molecule has 0 amide bonds. The van der Waals surface area contributed by atoms with Gasteiger partial charge in [0.2, 0.25) is 0 Å². The van der Waals surface area contributed by atoms with Gasteiger partial charge in [-0.25, -0.2) is 0 Å². The van der Waals surface area contributed by atoms with E-state index in [9.17, 15) is 0 Å². The van der Waals surface area contributed by atoms with E-state index in [1.54, 1.807) is 0 Å². The SMILES string of the molecule is CCC(SC)C(C)C(C)CCC(C)(C)C. The van der Waals surface area contributed by atoms with Crippen LogP contribution >= 0.6 is 11.8 Å². The number of hydrogen-bond acceptors (Lipinski definition) is 1. The molecule has 0 saturated heterocycles. The van der Waals surface area contributed by atoms with Crippen molar-refractivity contribution in [3.8, 4) is 0 Å². The molecule has 0 heterocycles. The average Bonchev–Trinajstić information content (AvgIpc) is 2.14. The molecule has 0 aromatic heterocycles. The third-order valence-electron chi connectivity index (χ3n) is 3.54. The van der Waals surface area contributed by atoms with Crippen molar-refractivity contribution in [1.29, 1.82) is 0 Å². The van der Waals surface area contributed by atoms with Crippen molar-refractivity contribution in [1.82, 2.24) is 0 Å². The fourth-order valence-electron chi connectivity index (χ4n) is 2.04. The molecule has 15 heavy (non-hydrogen) atoms. The fraction of sp³-hybridized carbons (Fsp3) is 1.00. The lowest BCUT2D eigenvalue weighted by atomic mass is 9.82. The van der Waals surface area contributed by atoms with E-state index >= 15 is 0 Å². The molecule has 0 radical (unpaired) electrons. The maximum absolute atomic E-state index is 2.43. The normalized spacial score (nSPS) is 18.6. The second-order valence-electron chi connectivity index (χ2n) is 6.12. The topological polar surface area (TPSA) is 0 Å². The molecule has 0 aromatic rings. The summed E-state index contributed by atoms with van der Waals surface area (Å²) in [5, 5.41) is 0.847. The molecule has 0 aliphatic heterocycles. The zero-order valence-corrected chi connectivity index (χ0v) is 12.6. The summed E-state index contributed by atoms with van der Waals surface area (Å²) in [6, 6.07) is 0. The fourth-order valence-corrected chi connectivity index (χ4v) is 3.07. The molecule has 0 fully saturated rings. The zero-order chi connectivity index (χ0) is 12.1. The Bertz CT molecular complexity index is 153. The van der Waals surface area contributed by atoms with Crippen molar-refractivity contribution >= 4 is 11.8 Å². The van der Waals surface area contributed by atoms with Crippen LogP contribution in [0.1, 0.15) is 60.8 Å². The van der Waals surface area contributed by atoms with Gasteiger partial charge < -0.3 is 0 Å². The van der Waals surface area contributed by atoms with Gasteiger partial charge in [0.1, 0.15) is 0 Å². The van der Waals surface area contributed by atoms with E-state index in [1.807, 2.05) is 11.8 Å². The first kappa shape index (κ1) is 15.3. The lowest BCUT2D eigenvalue weighted by Crippen LogP contribution is -2.21. The van der Waals surface area contributed by atoms with Crippen LogP contribution in [0.4, 0.5) is 0 Å². The highest BCUT2D eigenvalue weighted by atomic mass is 32.2. The molecule has 0 aromatic carbocycles. The first-order chi connectivity index (χ1) is 6.81. The van der Waals surface area contributed by atoms with Crippen LogP contribution in [0.3, 0.4) is 0 Å². The molecule has 0 aliphatic rings. The summed E-state index contributed by atoms with van der Waals surface area (Å²) in [7, 11) is 0. The third kappa shape index (κ3) is 6.50. The van der Waals surface area contributed by atoms with Crippen molar-refractivity contribution in [3.05, 3.63) is 0 Å². The highest BCUT2D eigenvalue weighted by Gasteiger charge is 2.22. The van der Waals surface area contributed by atoms with Crippen molar-refractivity contribution < 1.29 is 0 Å². The smallest absolute Gasteiger partial charge is 0.00698 e. The van der Waals surface area contributed by atoms with E-state index in [1.165, 1.54) is 19.3 Å². The Balaban J connectivity index is 4.03. The van der Waals surface area contributed by atoms with Crippen molar-refractivity contribution in [2.45, 2.75) is 66.1 Å². The van der Waals surface area contributed by atoms with Gasteiger partial charge in [0.15, 0.2) is 0 Å². The molecule has 0 spiro atoms. The maximum Gasteiger partial charge on any atom is 0.00698 e. The second-order valence-corrected chi connectivity index (χ2v) is 7.20. The van der Waals surface area contributed by atoms with Crippen LogP contribution in [-0.4, -0.2) is 11.5 Å².